The number of Topliss-reactive ketones (excluding diaryl/α,β-unsaturated/α-hetero) is 1. The third-order valence-electron chi connectivity index (χ3n) is 2.81. The van der Waals surface area contributed by atoms with Crippen molar-refractivity contribution in [1.82, 2.24) is 0 Å². The summed E-state index contributed by atoms with van der Waals surface area (Å²) in [6.07, 6.45) is 0. The fourth-order valence-corrected chi connectivity index (χ4v) is 1.91. The molecule has 0 saturated heterocycles. The lowest BCUT2D eigenvalue weighted by Crippen LogP contribution is -2.32. The maximum atomic E-state index is 13.8. The summed E-state index contributed by atoms with van der Waals surface area (Å²) in [5.74, 6) is -2.71. The highest BCUT2D eigenvalue weighted by Crippen LogP contribution is 2.38. The highest BCUT2D eigenvalue weighted by molar-refractivity contribution is 6.04. The van der Waals surface area contributed by atoms with Crippen molar-refractivity contribution < 1.29 is 23.5 Å². The Hall–Kier alpha value is -2.37. The summed E-state index contributed by atoms with van der Waals surface area (Å²) in [6, 6.07) is 5.68. The fourth-order valence-electron chi connectivity index (χ4n) is 1.91. The van der Waals surface area contributed by atoms with E-state index in [1.54, 1.807) is 6.07 Å². The minimum Gasteiger partial charge on any atom is -0.457 e. The Morgan fingerprint density at radius 1 is 1.42 bits per heavy atom. The molecule has 0 fully saturated rings. The minimum absolute atomic E-state index is 0.0325. The van der Waals surface area contributed by atoms with Gasteiger partial charge in [0, 0.05) is 12.5 Å². The van der Waals surface area contributed by atoms with Gasteiger partial charge in [-0.3, -0.25) is 9.59 Å². The number of hydrogen-bond donors (Lipinski definition) is 1. The quantitative estimate of drug-likeness (QED) is 0.816. The van der Waals surface area contributed by atoms with E-state index in [1.165, 1.54) is 25.1 Å². The van der Waals surface area contributed by atoms with Crippen molar-refractivity contribution in [3.05, 3.63) is 47.3 Å². The van der Waals surface area contributed by atoms with Crippen LogP contribution in [0.5, 0.6) is 0 Å². The Kier molecular flexibility index (Phi) is 3.01. The predicted molar refractivity (Wildman–Crippen MR) is 62.8 cm³/mol. The van der Waals surface area contributed by atoms with E-state index in [0.29, 0.717) is 0 Å². The number of carbonyl (C=O) groups excluding carboxylic acids is 2. The van der Waals surface area contributed by atoms with Crippen molar-refractivity contribution in [2.24, 2.45) is 5.73 Å². The monoisotopic (exact) mass is 265 g/mol. The number of nitrogens with two attached hydrogens (primary N) is 1. The van der Waals surface area contributed by atoms with Crippen molar-refractivity contribution in [2.45, 2.75) is 19.4 Å². The number of ether oxygens (including phenoxy) is 2. The first-order valence-electron chi connectivity index (χ1n) is 5.53. The lowest BCUT2D eigenvalue weighted by Gasteiger charge is -2.23. The molecule has 1 heterocycles. The summed E-state index contributed by atoms with van der Waals surface area (Å²) in [4.78, 5) is 23.1. The number of hydrogen-bond acceptors (Lipinski definition) is 5. The van der Waals surface area contributed by atoms with Gasteiger partial charge >= 0.3 is 5.97 Å². The molecule has 1 aliphatic rings. The highest BCUT2D eigenvalue weighted by Gasteiger charge is 2.49. The number of carbonyl (C=O) groups is 2. The summed E-state index contributed by atoms with van der Waals surface area (Å²) in [7, 11) is 0. The number of halogens is 1. The molecule has 1 aromatic rings. The molecule has 5 nitrogen and oxygen atoms in total. The molecule has 6 heteroatoms. The molecule has 1 aromatic carbocycles. The average molecular weight is 265 g/mol. The maximum absolute atomic E-state index is 13.8. The molecule has 0 aliphatic carbocycles. The van der Waals surface area contributed by atoms with Crippen LogP contribution in [0, 0.1) is 5.82 Å². The van der Waals surface area contributed by atoms with Gasteiger partial charge in [0.25, 0.3) is 5.78 Å². The second-order valence-electron chi connectivity index (χ2n) is 4.23. The van der Waals surface area contributed by atoms with Gasteiger partial charge in [0.05, 0.1) is 0 Å². The molecule has 100 valence electrons. The van der Waals surface area contributed by atoms with Gasteiger partial charge in [-0.15, -0.1) is 0 Å². The molecule has 0 aromatic heterocycles. The molecular weight excluding hydrogens is 253 g/mol. The molecule has 0 saturated carbocycles. The van der Waals surface area contributed by atoms with Gasteiger partial charge < -0.3 is 15.2 Å². The van der Waals surface area contributed by atoms with Crippen molar-refractivity contribution in [3.63, 3.8) is 0 Å². The lowest BCUT2D eigenvalue weighted by atomic mass is 9.91. The van der Waals surface area contributed by atoms with Crippen LogP contribution in [0.1, 0.15) is 19.4 Å². The van der Waals surface area contributed by atoms with E-state index in [4.69, 9.17) is 15.2 Å². The van der Waals surface area contributed by atoms with Gasteiger partial charge in [-0.1, -0.05) is 18.2 Å². The van der Waals surface area contributed by atoms with Crippen molar-refractivity contribution in [1.29, 1.82) is 0 Å². The highest BCUT2D eigenvalue weighted by atomic mass is 19.1. The van der Waals surface area contributed by atoms with Crippen LogP contribution in [0.15, 0.2) is 35.9 Å². The van der Waals surface area contributed by atoms with Gasteiger partial charge in [0.15, 0.2) is 0 Å². The average Bonchev–Trinajstić information content (AvgIpc) is 2.54. The van der Waals surface area contributed by atoms with E-state index in [-0.39, 0.29) is 11.4 Å². The predicted octanol–water partition coefficient (Wildman–Crippen LogP) is 1.33. The third kappa shape index (κ3) is 2.05. The van der Waals surface area contributed by atoms with Gasteiger partial charge in [0.1, 0.15) is 5.82 Å². The van der Waals surface area contributed by atoms with Crippen LogP contribution in [0.4, 0.5) is 4.39 Å². The Bertz CT molecular complexity index is 596. The standard InChI is InChI=1S/C13H12FNO4/c1-7(16)18-10-11(17)13(2,19-12(10)15)8-5-3-4-6-9(8)14/h3-6H,15H2,1-2H3. The van der Waals surface area contributed by atoms with Crippen LogP contribution in [0.2, 0.25) is 0 Å². The van der Waals surface area contributed by atoms with Crippen LogP contribution in [0.25, 0.3) is 0 Å². The normalized spacial score (nSPS) is 22.4. The van der Waals surface area contributed by atoms with Crippen LogP contribution >= 0.6 is 0 Å². The van der Waals surface area contributed by atoms with E-state index in [2.05, 4.69) is 0 Å². The van der Waals surface area contributed by atoms with E-state index >= 15 is 0 Å². The summed E-state index contributed by atoms with van der Waals surface area (Å²) < 4.78 is 23.7. The van der Waals surface area contributed by atoms with Crippen molar-refractivity contribution >= 4 is 11.8 Å². The molecule has 1 aliphatic heterocycles. The van der Waals surface area contributed by atoms with Crippen molar-refractivity contribution in [2.75, 3.05) is 0 Å². The summed E-state index contributed by atoms with van der Waals surface area (Å²) >= 11 is 0. The van der Waals surface area contributed by atoms with E-state index in [9.17, 15) is 14.0 Å². The zero-order chi connectivity index (χ0) is 14.2. The number of esters is 1. The molecule has 0 spiro atoms. The Morgan fingerprint density at radius 3 is 2.63 bits per heavy atom. The number of rotatable bonds is 2. The maximum Gasteiger partial charge on any atom is 0.308 e. The summed E-state index contributed by atoms with van der Waals surface area (Å²) in [5.41, 5.74) is 3.93. The number of benzene rings is 1. The molecule has 2 N–H and O–H groups in total. The van der Waals surface area contributed by atoms with Gasteiger partial charge in [0.2, 0.25) is 17.2 Å². The van der Waals surface area contributed by atoms with Gasteiger partial charge in [-0.25, -0.2) is 4.39 Å². The SMILES string of the molecule is CC(=O)OC1=C(N)OC(C)(c2ccccc2F)C1=O. The van der Waals surface area contributed by atoms with E-state index in [1.807, 2.05) is 0 Å². The molecular formula is C13H12FNO4. The Balaban J connectivity index is 2.43. The minimum atomic E-state index is -1.62. The smallest absolute Gasteiger partial charge is 0.308 e. The van der Waals surface area contributed by atoms with Gasteiger partial charge in [-0.2, -0.15) is 0 Å². The second kappa shape index (κ2) is 4.38. The molecule has 0 radical (unpaired) electrons. The lowest BCUT2D eigenvalue weighted by molar-refractivity contribution is -0.142. The molecule has 19 heavy (non-hydrogen) atoms. The Morgan fingerprint density at radius 2 is 2.05 bits per heavy atom. The first-order valence-corrected chi connectivity index (χ1v) is 5.53. The van der Waals surface area contributed by atoms with Crippen molar-refractivity contribution in [3.8, 4) is 0 Å². The van der Waals surface area contributed by atoms with Crippen LogP contribution in [0.3, 0.4) is 0 Å². The van der Waals surface area contributed by atoms with E-state index < -0.39 is 28.9 Å². The van der Waals surface area contributed by atoms with E-state index in [0.717, 1.165) is 6.92 Å². The second-order valence-corrected chi connectivity index (χ2v) is 4.23. The first kappa shape index (κ1) is 13.1. The molecule has 1 unspecified atom stereocenters. The zero-order valence-electron chi connectivity index (χ0n) is 10.4. The summed E-state index contributed by atoms with van der Waals surface area (Å²) in [6.45, 7) is 2.50. The zero-order valence-corrected chi connectivity index (χ0v) is 10.4. The van der Waals surface area contributed by atoms with Gasteiger partial charge in [-0.05, 0) is 13.0 Å². The third-order valence-corrected chi connectivity index (χ3v) is 2.81. The van der Waals surface area contributed by atoms with Crippen LogP contribution < -0.4 is 5.73 Å². The first-order chi connectivity index (χ1) is 8.86. The molecule has 2 rings (SSSR count). The largest absolute Gasteiger partial charge is 0.457 e. The van der Waals surface area contributed by atoms with Crippen LogP contribution in [-0.4, -0.2) is 11.8 Å². The fraction of sp³-hybridized carbons (Fsp3) is 0.231. The number of ketones is 1. The molecule has 0 bridgehead atoms. The molecule has 1 atom stereocenters. The van der Waals surface area contributed by atoms with Crippen LogP contribution in [-0.2, 0) is 24.7 Å². The topological polar surface area (TPSA) is 78.6 Å². The molecule has 0 amide bonds. The summed E-state index contributed by atoms with van der Waals surface area (Å²) in [5, 5.41) is 0. The Labute approximate surface area is 108 Å².